The van der Waals surface area contributed by atoms with E-state index in [-0.39, 0.29) is 24.8 Å². The zero-order valence-corrected chi connectivity index (χ0v) is 19.4. The molecule has 33 heavy (non-hydrogen) atoms. The third kappa shape index (κ3) is 6.06. The first-order valence-corrected chi connectivity index (χ1v) is 12.1. The molecule has 6 heteroatoms. The smallest absolute Gasteiger partial charge is 0.407 e. The van der Waals surface area contributed by atoms with Crippen molar-refractivity contribution in [1.82, 2.24) is 10.6 Å². The molecule has 1 saturated carbocycles. The standard InChI is InChI=1S/C27H34N4O2/c1-20-8-10-22(11-9-20)19-33-27(32)30-25-6-2-3-7-26(25)31(24-5-4-16-29-18-24)23-14-12-21(17-28)13-15-23/h8-15,24-26,29H,2-7,16,18-19H2,1H3,(H,30,32)/t24-,25+,26+/m0/s1. The Morgan fingerprint density at radius 3 is 2.55 bits per heavy atom. The molecule has 174 valence electrons. The van der Waals surface area contributed by atoms with Crippen molar-refractivity contribution < 1.29 is 9.53 Å². The van der Waals surface area contributed by atoms with Gasteiger partial charge in [0.2, 0.25) is 0 Å². The van der Waals surface area contributed by atoms with Gasteiger partial charge in [-0.1, -0.05) is 42.7 Å². The van der Waals surface area contributed by atoms with Gasteiger partial charge in [0.05, 0.1) is 17.7 Å². The molecule has 4 rings (SSSR count). The lowest BCUT2D eigenvalue weighted by atomic mass is 9.87. The molecule has 0 bridgehead atoms. The number of alkyl carbamates (subject to hydrolysis) is 1. The number of hydrogen-bond donors (Lipinski definition) is 2. The number of aryl methyl sites for hydroxylation is 1. The van der Waals surface area contributed by atoms with Crippen LogP contribution < -0.4 is 15.5 Å². The van der Waals surface area contributed by atoms with Crippen LogP contribution in [0.4, 0.5) is 10.5 Å². The van der Waals surface area contributed by atoms with Crippen LogP contribution in [0.5, 0.6) is 0 Å². The largest absolute Gasteiger partial charge is 0.445 e. The number of carbonyl (C=O) groups excluding carboxylic acids is 1. The molecule has 0 spiro atoms. The molecule has 1 aliphatic carbocycles. The highest BCUT2D eigenvalue weighted by Crippen LogP contribution is 2.32. The van der Waals surface area contributed by atoms with Gasteiger partial charge in [-0.15, -0.1) is 0 Å². The third-order valence-electron chi connectivity index (χ3n) is 6.84. The van der Waals surface area contributed by atoms with Crippen LogP contribution in [-0.4, -0.2) is 37.3 Å². The average Bonchev–Trinajstić information content (AvgIpc) is 2.86. The number of ether oxygens (including phenoxy) is 1. The quantitative estimate of drug-likeness (QED) is 0.675. The first kappa shape index (κ1) is 23.1. The summed E-state index contributed by atoms with van der Waals surface area (Å²) in [5.74, 6) is 0. The summed E-state index contributed by atoms with van der Waals surface area (Å²) in [4.78, 5) is 15.2. The SMILES string of the molecule is Cc1ccc(COC(=O)N[C@@H]2CCCC[C@H]2N(c2ccc(C#N)cc2)[C@H]2CCCNC2)cc1. The van der Waals surface area contributed by atoms with Crippen LogP contribution >= 0.6 is 0 Å². The molecule has 2 fully saturated rings. The fraction of sp³-hybridized carbons (Fsp3) is 0.481. The van der Waals surface area contributed by atoms with Crippen LogP contribution in [0.2, 0.25) is 0 Å². The number of anilines is 1. The van der Waals surface area contributed by atoms with Gasteiger partial charge in [0.1, 0.15) is 6.61 Å². The van der Waals surface area contributed by atoms with Crippen LogP contribution in [0.3, 0.4) is 0 Å². The van der Waals surface area contributed by atoms with E-state index in [1.165, 1.54) is 5.56 Å². The van der Waals surface area contributed by atoms with Crippen molar-refractivity contribution in [2.45, 2.75) is 70.2 Å². The highest BCUT2D eigenvalue weighted by Gasteiger charge is 2.36. The number of piperidine rings is 1. The van der Waals surface area contributed by atoms with E-state index in [9.17, 15) is 10.1 Å². The summed E-state index contributed by atoms with van der Waals surface area (Å²) in [7, 11) is 0. The van der Waals surface area contributed by atoms with Crippen molar-refractivity contribution in [2.75, 3.05) is 18.0 Å². The van der Waals surface area contributed by atoms with Crippen molar-refractivity contribution in [2.24, 2.45) is 0 Å². The predicted octanol–water partition coefficient (Wildman–Crippen LogP) is 4.66. The highest BCUT2D eigenvalue weighted by atomic mass is 16.5. The highest BCUT2D eigenvalue weighted by molar-refractivity contribution is 5.68. The minimum Gasteiger partial charge on any atom is -0.445 e. The number of carbonyl (C=O) groups is 1. The van der Waals surface area contributed by atoms with Crippen molar-refractivity contribution in [3.63, 3.8) is 0 Å². The molecular weight excluding hydrogens is 412 g/mol. The van der Waals surface area contributed by atoms with E-state index in [0.29, 0.717) is 11.6 Å². The molecule has 6 nitrogen and oxygen atoms in total. The lowest BCUT2D eigenvalue weighted by molar-refractivity contribution is 0.130. The molecule has 1 amide bonds. The summed E-state index contributed by atoms with van der Waals surface area (Å²) in [6, 6.07) is 18.7. The Balaban J connectivity index is 1.48. The third-order valence-corrected chi connectivity index (χ3v) is 6.84. The number of hydrogen-bond acceptors (Lipinski definition) is 5. The second-order valence-corrected chi connectivity index (χ2v) is 9.23. The Morgan fingerprint density at radius 2 is 1.85 bits per heavy atom. The molecule has 0 unspecified atom stereocenters. The fourth-order valence-corrected chi connectivity index (χ4v) is 5.09. The van der Waals surface area contributed by atoms with Gasteiger partial charge in [-0.2, -0.15) is 5.26 Å². The zero-order valence-electron chi connectivity index (χ0n) is 19.4. The van der Waals surface area contributed by atoms with E-state index in [1.54, 1.807) is 0 Å². The minimum atomic E-state index is -0.353. The maximum atomic E-state index is 12.7. The topological polar surface area (TPSA) is 77.4 Å². The Hall–Kier alpha value is -3.04. The van der Waals surface area contributed by atoms with Crippen molar-refractivity contribution in [3.05, 3.63) is 65.2 Å². The molecule has 3 atom stereocenters. The maximum Gasteiger partial charge on any atom is 0.407 e. The van der Waals surface area contributed by atoms with E-state index in [1.807, 2.05) is 43.3 Å². The normalized spacial score (nSPS) is 22.7. The Labute approximate surface area is 196 Å². The molecule has 1 aliphatic heterocycles. The predicted molar refractivity (Wildman–Crippen MR) is 130 cm³/mol. The molecule has 1 heterocycles. The summed E-state index contributed by atoms with van der Waals surface area (Å²) < 4.78 is 5.56. The van der Waals surface area contributed by atoms with Crippen LogP contribution in [-0.2, 0) is 11.3 Å². The Bertz CT molecular complexity index is 946. The van der Waals surface area contributed by atoms with Gasteiger partial charge >= 0.3 is 6.09 Å². The van der Waals surface area contributed by atoms with E-state index in [2.05, 4.69) is 33.7 Å². The van der Waals surface area contributed by atoms with Gasteiger partial charge < -0.3 is 20.3 Å². The minimum absolute atomic E-state index is 0.0295. The summed E-state index contributed by atoms with van der Waals surface area (Å²) in [5, 5.41) is 15.9. The van der Waals surface area contributed by atoms with Crippen LogP contribution in [0.1, 0.15) is 55.2 Å². The lowest BCUT2D eigenvalue weighted by Crippen LogP contribution is -2.59. The van der Waals surface area contributed by atoms with E-state index in [4.69, 9.17) is 4.74 Å². The Kier molecular flexibility index (Phi) is 7.85. The number of amides is 1. The molecule has 2 aromatic carbocycles. The summed E-state index contributed by atoms with van der Waals surface area (Å²) in [5.41, 5.74) is 3.96. The van der Waals surface area contributed by atoms with Crippen molar-refractivity contribution in [3.8, 4) is 6.07 Å². The molecular formula is C27H34N4O2. The average molecular weight is 447 g/mol. The van der Waals surface area contributed by atoms with Crippen molar-refractivity contribution >= 4 is 11.8 Å². The van der Waals surface area contributed by atoms with Crippen LogP contribution in [0, 0.1) is 18.3 Å². The number of benzene rings is 2. The molecule has 1 saturated heterocycles. The number of nitrogens with one attached hydrogen (secondary N) is 2. The number of nitrogens with zero attached hydrogens (tertiary/aromatic N) is 2. The van der Waals surface area contributed by atoms with Gasteiger partial charge in [-0.25, -0.2) is 4.79 Å². The van der Waals surface area contributed by atoms with Gasteiger partial charge in [0.25, 0.3) is 0 Å². The van der Waals surface area contributed by atoms with Crippen molar-refractivity contribution in [1.29, 1.82) is 5.26 Å². The Morgan fingerprint density at radius 1 is 1.09 bits per heavy atom. The van der Waals surface area contributed by atoms with Gasteiger partial charge in [-0.3, -0.25) is 0 Å². The molecule has 0 radical (unpaired) electrons. The number of rotatable bonds is 6. The summed E-state index contributed by atoms with van der Waals surface area (Å²) in [6.45, 7) is 4.30. The molecule has 2 aromatic rings. The molecule has 2 N–H and O–H groups in total. The fourth-order valence-electron chi connectivity index (χ4n) is 5.09. The van der Waals surface area contributed by atoms with Gasteiger partial charge in [0.15, 0.2) is 0 Å². The van der Waals surface area contributed by atoms with E-state index in [0.717, 1.165) is 62.9 Å². The van der Waals surface area contributed by atoms with Gasteiger partial charge in [-0.05, 0) is 69.0 Å². The summed E-state index contributed by atoms with van der Waals surface area (Å²) in [6.07, 6.45) is 6.12. The summed E-state index contributed by atoms with van der Waals surface area (Å²) >= 11 is 0. The first-order chi connectivity index (χ1) is 16.1. The molecule has 0 aromatic heterocycles. The molecule has 2 aliphatic rings. The van der Waals surface area contributed by atoms with Crippen LogP contribution in [0.25, 0.3) is 0 Å². The monoisotopic (exact) mass is 446 g/mol. The first-order valence-electron chi connectivity index (χ1n) is 12.1. The second-order valence-electron chi connectivity index (χ2n) is 9.23. The second kappa shape index (κ2) is 11.2. The lowest BCUT2D eigenvalue weighted by Gasteiger charge is -2.46. The van der Waals surface area contributed by atoms with Gasteiger partial charge in [0, 0.05) is 24.3 Å². The van der Waals surface area contributed by atoms with Crippen LogP contribution in [0.15, 0.2) is 48.5 Å². The van der Waals surface area contributed by atoms with E-state index < -0.39 is 0 Å². The maximum absolute atomic E-state index is 12.7. The number of nitriles is 1. The van der Waals surface area contributed by atoms with E-state index >= 15 is 0 Å². The zero-order chi connectivity index (χ0) is 23.0.